The van der Waals surface area contributed by atoms with Gasteiger partial charge in [0.05, 0.1) is 181 Å². The highest BCUT2D eigenvalue weighted by molar-refractivity contribution is 7.85. The Morgan fingerprint density at radius 2 is 1.04 bits per heavy atom. The Morgan fingerprint density at radius 3 is 1.50 bits per heavy atom. The van der Waals surface area contributed by atoms with Crippen molar-refractivity contribution in [3.05, 3.63) is 77.2 Å². The molecule has 1 unspecified atom stereocenters. The molecule has 25 nitrogen and oxygen atoms in total. The zero-order chi connectivity index (χ0) is 58.7. The fourth-order valence-electron chi connectivity index (χ4n) is 8.12. The molecule has 0 aliphatic carbocycles. The van der Waals surface area contributed by atoms with Crippen molar-refractivity contribution >= 4 is 60.8 Å². The minimum absolute atomic E-state index is 0.0116. The van der Waals surface area contributed by atoms with Crippen molar-refractivity contribution in [2.45, 2.75) is 45.1 Å². The Bertz CT molecular complexity index is 2600. The number of anilines is 1. The van der Waals surface area contributed by atoms with E-state index in [1.807, 2.05) is 54.6 Å². The minimum atomic E-state index is -4.51. The zero-order valence-electron chi connectivity index (χ0n) is 46.9. The van der Waals surface area contributed by atoms with Crippen molar-refractivity contribution < 1.29 is 93.9 Å². The van der Waals surface area contributed by atoms with E-state index >= 15 is 0 Å². The van der Waals surface area contributed by atoms with Crippen LogP contribution in [0.1, 0.15) is 38.5 Å². The summed E-state index contributed by atoms with van der Waals surface area (Å²) in [5.41, 5.74) is 19.7. The second-order valence-corrected chi connectivity index (χ2v) is 19.8. The Kier molecular flexibility index (Phi) is 36.3. The van der Waals surface area contributed by atoms with Gasteiger partial charge in [-0.1, -0.05) is 35.4 Å². The highest BCUT2D eigenvalue weighted by Gasteiger charge is 2.27. The lowest BCUT2D eigenvalue weighted by atomic mass is 9.98. The van der Waals surface area contributed by atoms with E-state index in [-0.39, 0.29) is 32.1 Å². The number of nitrogens with one attached hydrogen (secondary N) is 1. The number of unbranched alkanes of at least 4 members (excludes halogenated alkanes) is 2. The van der Waals surface area contributed by atoms with E-state index in [9.17, 15) is 22.8 Å². The van der Waals surface area contributed by atoms with E-state index in [1.54, 1.807) is 0 Å². The van der Waals surface area contributed by atoms with Crippen LogP contribution >= 0.6 is 0 Å². The molecule has 456 valence electrons. The van der Waals surface area contributed by atoms with Gasteiger partial charge >= 0.3 is 5.97 Å². The van der Waals surface area contributed by atoms with Gasteiger partial charge in [0, 0.05) is 65.5 Å². The average molecular weight is 1180 g/mol. The fraction of sp³-hybridized carbons (Fsp3) is 0.607. The predicted molar refractivity (Wildman–Crippen MR) is 303 cm³/mol. The fourth-order valence-corrected chi connectivity index (χ4v) is 8.89. The van der Waals surface area contributed by atoms with Crippen molar-refractivity contribution in [2.75, 3.05) is 177 Å². The van der Waals surface area contributed by atoms with Crippen molar-refractivity contribution in [1.29, 1.82) is 0 Å². The SMILES string of the molecule is [N-]=[N+]=Nc1ccc2c3ccc(N)cc3c(-c3ccccc3)[n+](CCCCCC(=O)NCCOCCOCCOCCOCCOCCOCCOCCOCCOCCOCCOCCOCCC(=O)CC(CS(=O)(=O)O)C(=O)O)c2c1. The summed E-state index contributed by atoms with van der Waals surface area (Å²) in [6.45, 7) is 10.5. The number of nitrogens with two attached hydrogens (primary N) is 1. The Labute approximate surface area is 479 Å². The third kappa shape index (κ3) is 30.7. The van der Waals surface area contributed by atoms with Crippen LogP contribution < -0.4 is 15.6 Å². The molecule has 4 aromatic rings. The predicted octanol–water partition coefficient (Wildman–Crippen LogP) is 5.29. The van der Waals surface area contributed by atoms with Crippen LogP contribution in [0.2, 0.25) is 0 Å². The molecule has 1 amide bonds. The van der Waals surface area contributed by atoms with Gasteiger partial charge in [-0.2, -0.15) is 13.0 Å². The number of fused-ring (bicyclic) bond motifs is 3. The van der Waals surface area contributed by atoms with Crippen LogP contribution in [-0.4, -0.2) is 207 Å². The number of aryl methyl sites for hydroxylation is 1. The molecule has 0 radical (unpaired) electrons. The molecule has 0 aliphatic heterocycles. The maximum absolute atomic E-state index is 12.6. The molecule has 0 saturated heterocycles. The molecule has 82 heavy (non-hydrogen) atoms. The van der Waals surface area contributed by atoms with E-state index in [4.69, 9.17) is 77.8 Å². The maximum atomic E-state index is 12.6. The summed E-state index contributed by atoms with van der Waals surface area (Å²) >= 11 is 0. The van der Waals surface area contributed by atoms with Crippen molar-refractivity contribution in [2.24, 2.45) is 11.0 Å². The van der Waals surface area contributed by atoms with Gasteiger partial charge in [-0.05, 0) is 48.7 Å². The number of aliphatic carboxylic acids is 1. The van der Waals surface area contributed by atoms with E-state index in [2.05, 4.69) is 32.0 Å². The number of nitrogens with zero attached hydrogens (tertiary/aromatic N) is 4. The van der Waals surface area contributed by atoms with Crippen molar-refractivity contribution in [1.82, 2.24) is 5.32 Å². The number of Topliss-reactive ketones (excluding diaryl/α,β-unsaturated/α-hetero) is 1. The molecule has 1 aromatic heterocycles. The molecule has 0 fully saturated rings. The van der Waals surface area contributed by atoms with Gasteiger partial charge in [0.1, 0.15) is 12.3 Å². The number of ketones is 1. The molecule has 0 aliphatic rings. The molecule has 1 atom stereocenters. The number of pyridine rings is 1. The first-order valence-corrected chi connectivity index (χ1v) is 29.3. The monoisotopic (exact) mass is 1180 g/mol. The van der Waals surface area contributed by atoms with Crippen LogP contribution in [-0.2, 0) is 87.9 Å². The van der Waals surface area contributed by atoms with Gasteiger partial charge in [0.25, 0.3) is 10.1 Å². The van der Waals surface area contributed by atoms with E-state index in [0.29, 0.717) is 170 Å². The molecule has 3 aromatic carbocycles. The molecule has 0 saturated carbocycles. The van der Waals surface area contributed by atoms with Crippen LogP contribution in [0.15, 0.2) is 71.8 Å². The third-order valence-corrected chi connectivity index (χ3v) is 12.9. The number of nitrogen functional groups attached to an aromatic ring is 1. The Balaban J connectivity index is 0.832. The number of azide groups is 1. The standard InChI is InChI=1S/C56H82N6O19S/c57-47-10-12-50-51-13-11-48(60-61-58)43-53(51)62(55(52(50)42-47)45-7-3-1-4-8-45)16-6-2-5-9-54(64)59-15-18-71-20-22-73-24-26-75-28-30-77-32-34-79-36-38-81-40-39-80-37-35-78-33-31-76-29-27-74-25-23-72-21-19-70-17-14-49(63)41-46(56(65)66)44-82(67,68)69/h1,3-4,7-8,10-13,42-43,46H,2,5-6,9,14-41,44,57H2,(H2-,59,64,65,66,67,68,69)/p+1. The molecule has 1 heterocycles. The molecular formula is C56H83N6O19S+. The zero-order valence-corrected chi connectivity index (χ0v) is 47.7. The Hall–Kier alpha value is -5.52. The highest BCUT2D eigenvalue weighted by atomic mass is 32.2. The summed E-state index contributed by atoms with van der Waals surface area (Å²) in [4.78, 5) is 38.6. The second-order valence-electron chi connectivity index (χ2n) is 18.3. The number of hydrogen-bond acceptors (Lipinski definition) is 19. The lowest BCUT2D eigenvalue weighted by Crippen LogP contribution is -2.37. The van der Waals surface area contributed by atoms with Gasteiger partial charge in [-0.25, -0.2) is 0 Å². The maximum Gasteiger partial charge on any atom is 0.308 e. The molecular weight excluding hydrogens is 1090 g/mol. The summed E-state index contributed by atoms with van der Waals surface area (Å²) < 4.78 is 98.7. The van der Waals surface area contributed by atoms with Crippen LogP contribution in [0, 0.1) is 5.92 Å². The number of rotatable bonds is 52. The number of benzene rings is 3. The van der Waals surface area contributed by atoms with E-state index in [1.165, 1.54) is 0 Å². The molecule has 0 bridgehead atoms. The first-order chi connectivity index (χ1) is 40.0. The number of aromatic nitrogens is 1. The number of hydrogen-bond donors (Lipinski definition) is 4. The first kappa shape index (κ1) is 69.0. The number of ether oxygens (including phenoxy) is 12. The average Bonchev–Trinajstić information content (AvgIpc) is 1.70. The van der Waals surface area contributed by atoms with Gasteiger partial charge in [-0.15, -0.1) is 0 Å². The molecule has 0 spiro atoms. The normalized spacial score (nSPS) is 12.0. The lowest BCUT2D eigenvalue weighted by molar-refractivity contribution is -0.659. The number of carbonyl (C=O) groups is 3. The van der Waals surface area contributed by atoms with E-state index in [0.717, 1.165) is 52.2 Å². The largest absolute Gasteiger partial charge is 0.481 e. The summed E-state index contributed by atoms with van der Waals surface area (Å²) in [6.07, 6.45) is 2.25. The third-order valence-electron chi connectivity index (χ3n) is 12.0. The molecule has 26 heteroatoms. The summed E-state index contributed by atoms with van der Waals surface area (Å²) in [6, 6.07) is 21.9. The molecule has 4 rings (SSSR count). The number of carbonyl (C=O) groups excluding carboxylic acids is 2. The van der Waals surface area contributed by atoms with Crippen LogP contribution in [0.4, 0.5) is 11.4 Å². The second kappa shape index (κ2) is 43.2. The smallest absolute Gasteiger partial charge is 0.308 e. The molecule has 5 N–H and O–H groups in total. The Morgan fingerprint density at radius 1 is 0.573 bits per heavy atom. The minimum Gasteiger partial charge on any atom is -0.481 e. The van der Waals surface area contributed by atoms with Crippen LogP contribution in [0.3, 0.4) is 0 Å². The van der Waals surface area contributed by atoms with Gasteiger partial charge in [0.2, 0.25) is 17.1 Å². The summed E-state index contributed by atoms with van der Waals surface area (Å²) in [5.74, 6) is -4.49. The highest BCUT2D eigenvalue weighted by Crippen LogP contribution is 2.34. The quantitative estimate of drug-likeness (QED) is 0.00638. The van der Waals surface area contributed by atoms with Gasteiger partial charge < -0.3 is 73.0 Å². The summed E-state index contributed by atoms with van der Waals surface area (Å²) in [7, 11) is -4.51. The van der Waals surface area contributed by atoms with E-state index < -0.39 is 40.0 Å². The number of amides is 1. The summed E-state index contributed by atoms with van der Waals surface area (Å²) in [5, 5.41) is 19.0. The first-order valence-electron chi connectivity index (χ1n) is 27.7. The number of carboxylic acids is 1. The topological polar surface area (TPSA) is 327 Å². The van der Waals surface area contributed by atoms with Crippen LogP contribution in [0.5, 0.6) is 0 Å². The number of carboxylic acid groups (broad SMARTS) is 1. The van der Waals surface area contributed by atoms with Gasteiger partial charge in [0.15, 0.2) is 0 Å². The van der Waals surface area contributed by atoms with Crippen LogP contribution in [0.25, 0.3) is 43.4 Å². The lowest BCUT2D eigenvalue weighted by Gasteiger charge is -2.13. The van der Waals surface area contributed by atoms with Crippen molar-refractivity contribution in [3.63, 3.8) is 0 Å². The van der Waals surface area contributed by atoms with Gasteiger partial charge in [-0.3, -0.25) is 18.9 Å². The van der Waals surface area contributed by atoms with Crippen molar-refractivity contribution in [3.8, 4) is 11.3 Å².